The Morgan fingerprint density at radius 3 is 2.81 bits per heavy atom. The molecule has 0 saturated heterocycles. The number of sulfonamides is 1. The van der Waals surface area contributed by atoms with Gasteiger partial charge >= 0.3 is 0 Å². The molecule has 0 unspecified atom stereocenters. The number of anilines is 1. The topological polar surface area (TPSA) is 84.2 Å². The molecule has 7 heteroatoms. The summed E-state index contributed by atoms with van der Waals surface area (Å²) in [4.78, 5) is 0.112. The predicted molar refractivity (Wildman–Crippen MR) is 80.7 cm³/mol. The summed E-state index contributed by atoms with van der Waals surface area (Å²) in [5.74, 6) is 0. The lowest BCUT2D eigenvalue weighted by molar-refractivity contribution is 0.277. The molecule has 0 fully saturated rings. The van der Waals surface area contributed by atoms with Crippen LogP contribution in [0, 0.1) is 13.8 Å². The van der Waals surface area contributed by atoms with E-state index in [1.54, 1.807) is 6.07 Å². The number of aromatic nitrogens is 2. The van der Waals surface area contributed by atoms with Crippen molar-refractivity contribution in [2.75, 3.05) is 11.3 Å². The second-order valence-electron chi connectivity index (χ2n) is 4.87. The van der Waals surface area contributed by atoms with Gasteiger partial charge in [0.25, 0.3) is 10.0 Å². The van der Waals surface area contributed by atoms with Gasteiger partial charge in [0.1, 0.15) is 4.90 Å². The zero-order valence-electron chi connectivity index (χ0n) is 12.1. The van der Waals surface area contributed by atoms with E-state index in [9.17, 15) is 8.42 Å². The Hall–Kier alpha value is -1.86. The van der Waals surface area contributed by atoms with Crippen molar-refractivity contribution in [2.45, 2.75) is 31.7 Å². The quantitative estimate of drug-likeness (QED) is 0.850. The molecular formula is C14H19N3O3S. The van der Waals surface area contributed by atoms with Crippen molar-refractivity contribution in [3.05, 3.63) is 41.7 Å². The third-order valence-electron chi connectivity index (χ3n) is 3.31. The summed E-state index contributed by atoms with van der Waals surface area (Å²) in [6, 6.07) is 5.47. The van der Waals surface area contributed by atoms with Gasteiger partial charge in [0.2, 0.25) is 0 Å². The molecule has 1 heterocycles. The largest absolute Gasteiger partial charge is 0.396 e. The summed E-state index contributed by atoms with van der Waals surface area (Å²) in [5, 5.41) is 12.8. The number of nitrogens with zero attached hydrogens (tertiary/aromatic N) is 2. The first-order chi connectivity index (χ1) is 9.94. The van der Waals surface area contributed by atoms with E-state index in [-0.39, 0.29) is 11.5 Å². The van der Waals surface area contributed by atoms with Crippen LogP contribution in [0.4, 0.5) is 5.69 Å². The molecule has 6 nitrogen and oxygen atoms in total. The molecule has 21 heavy (non-hydrogen) atoms. The molecule has 1 aromatic carbocycles. The monoisotopic (exact) mass is 309 g/mol. The van der Waals surface area contributed by atoms with E-state index in [1.807, 2.05) is 26.0 Å². The third kappa shape index (κ3) is 3.62. The highest BCUT2D eigenvalue weighted by Crippen LogP contribution is 2.21. The van der Waals surface area contributed by atoms with E-state index in [1.165, 1.54) is 17.1 Å². The second-order valence-corrected chi connectivity index (χ2v) is 6.55. The zero-order valence-corrected chi connectivity index (χ0v) is 12.9. The lowest BCUT2D eigenvalue weighted by Gasteiger charge is -2.10. The first kappa shape index (κ1) is 15.5. The molecule has 0 aliphatic rings. The third-order valence-corrected chi connectivity index (χ3v) is 4.63. The van der Waals surface area contributed by atoms with Crippen LogP contribution in [0.1, 0.15) is 17.5 Å². The minimum Gasteiger partial charge on any atom is -0.396 e. The Morgan fingerprint density at radius 2 is 2.10 bits per heavy atom. The molecule has 0 aliphatic heterocycles. The molecule has 2 rings (SSSR count). The van der Waals surface area contributed by atoms with E-state index in [0.717, 1.165) is 11.1 Å². The van der Waals surface area contributed by atoms with Gasteiger partial charge in [-0.25, -0.2) is 8.42 Å². The number of aliphatic hydroxyl groups is 1. The summed E-state index contributed by atoms with van der Waals surface area (Å²) < 4.78 is 28.8. The van der Waals surface area contributed by atoms with Gasteiger partial charge in [-0.2, -0.15) is 5.10 Å². The number of aliphatic hydroxyl groups excluding tert-OH is 1. The second kappa shape index (κ2) is 6.28. The fourth-order valence-electron chi connectivity index (χ4n) is 1.90. The maximum Gasteiger partial charge on any atom is 0.265 e. The zero-order chi connectivity index (χ0) is 15.5. The Kier molecular flexibility index (Phi) is 4.64. The molecule has 0 saturated carbocycles. The van der Waals surface area contributed by atoms with Gasteiger partial charge in [-0.1, -0.05) is 12.1 Å². The van der Waals surface area contributed by atoms with Crippen LogP contribution in [0.5, 0.6) is 0 Å². The number of hydrogen-bond donors (Lipinski definition) is 2. The average Bonchev–Trinajstić information content (AvgIpc) is 2.91. The molecule has 0 bridgehead atoms. The summed E-state index contributed by atoms with van der Waals surface area (Å²) in [6.07, 6.45) is 3.31. The number of aryl methyl sites for hydroxylation is 2. The molecule has 0 amide bonds. The molecule has 0 radical (unpaired) electrons. The van der Waals surface area contributed by atoms with Crippen LogP contribution in [-0.4, -0.2) is 29.9 Å². The van der Waals surface area contributed by atoms with E-state index in [4.69, 9.17) is 5.11 Å². The van der Waals surface area contributed by atoms with Gasteiger partial charge in [0, 0.05) is 19.3 Å². The lowest BCUT2D eigenvalue weighted by atomic mass is 10.1. The normalized spacial score (nSPS) is 11.6. The molecule has 0 spiro atoms. The Morgan fingerprint density at radius 1 is 1.33 bits per heavy atom. The molecule has 114 valence electrons. The van der Waals surface area contributed by atoms with E-state index < -0.39 is 10.0 Å². The van der Waals surface area contributed by atoms with Crippen LogP contribution in [0.2, 0.25) is 0 Å². The Balaban J connectivity index is 2.22. The van der Waals surface area contributed by atoms with Crippen LogP contribution in [0.15, 0.2) is 35.5 Å². The van der Waals surface area contributed by atoms with Gasteiger partial charge in [0.05, 0.1) is 11.9 Å². The first-order valence-corrected chi connectivity index (χ1v) is 8.14. The Labute approximate surface area is 124 Å². The van der Waals surface area contributed by atoms with Gasteiger partial charge in [0.15, 0.2) is 0 Å². The van der Waals surface area contributed by atoms with Crippen LogP contribution in [0.3, 0.4) is 0 Å². The summed E-state index contributed by atoms with van der Waals surface area (Å²) >= 11 is 0. The number of benzene rings is 1. The van der Waals surface area contributed by atoms with E-state index in [2.05, 4.69) is 9.82 Å². The van der Waals surface area contributed by atoms with Gasteiger partial charge in [-0.15, -0.1) is 0 Å². The van der Waals surface area contributed by atoms with Gasteiger partial charge < -0.3 is 5.11 Å². The van der Waals surface area contributed by atoms with Crippen molar-refractivity contribution in [2.24, 2.45) is 0 Å². The fourth-order valence-corrected chi connectivity index (χ4v) is 2.98. The highest BCUT2D eigenvalue weighted by atomic mass is 32.2. The smallest absolute Gasteiger partial charge is 0.265 e. The predicted octanol–water partition coefficient (Wildman–Crippen LogP) is 1.68. The van der Waals surface area contributed by atoms with Crippen molar-refractivity contribution in [3.63, 3.8) is 0 Å². The van der Waals surface area contributed by atoms with Crippen LogP contribution < -0.4 is 4.72 Å². The van der Waals surface area contributed by atoms with Crippen molar-refractivity contribution in [3.8, 4) is 0 Å². The number of hydrogen-bond acceptors (Lipinski definition) is 4. The highest BCUT2D eigenvalue weighted by molar-refractivity contribution is 7.92. The lowest BCUT2D eigenvalue weighted by Crippen LogP contribution is -2.13. The van der Waals surface area contributed by atoms with Crippen molar-refractivity contribution >= 4 is 15.7 Å². The number of rotatable bonds is 6. The van der Waals surface area contributed by atoms with Crippen LogP contribution >= 0.6 is 0 Å². The van der Waals surface area contributed by atoms with Gasteiger partial charge in [-0.05, 0) is 37.5 Å². The van der Waals surface area contributed by atoms with Crippen molar-refractivity contribution in [1.29, 1.82) is 0 Å². The molecule has 0 aliphatic carbocycles. The first-order valence-electron chi connectivity index (χ1n) is 6.66. The minimum absolute atomic E-state index is 0.0443. The summed E-state index contributed by atoms with van der Waals surface area (Å²) in [5.41, 5.74) is 2.49. The summed E-state index contributed by atoms with van der Waals surface area (Å²) in [7, 11) is -3.65. The maximum absolute atomic E-state index is 12.3. The molecule has 2 N–H and O–H groups in total. The molecule has 1 aromatic heterocycles. The highest BCUT2D eigenvalue weighted by Gasteiger charge is 2.17. The summed E-state index contributed by atoms with van der Waals surface area (Å²) in [6.45, 7) is 4.33. The van der Waals surface area contributed by atoms with Gasteiger partial charge in [-0.3, -0.25) is 9.40 Å². The standard InChI is InChI=1S/C14H19N3O3S/c1-11-5-3-6-14(12(11)2)16-21(19,20)13-9-15-17(10-13)7-4-8-18/h3,5-6,9-10,16,18H,4,7-8H2,1-2H3. The van der Waals surface area contributed by atoms with Crippen molar-refractivity contribution < 1.29 is 13.5 Å². The van der Waals surface area contributed by atoms with Crippen molar-refractivity contribution in [1.82, 2.24) is 9.78 Å². The SMILES string of the molecule is Cc1cccc(NS(=O)(=O)c2cnn(CCCO)c2)c1C. The van der Waals surface area contributed by atoms with E-state index >= 15 is 0 Å². The fraction of sp³-hybridized carbons (Fsp3) is 0.357. The van der Waals surface area contributed by atoms with Crippen LogP contribution in [0.25, 0.3) is 0 Å². The Bertz CT molecular complexity index is 723. The molecule has 0 atom stereocenters. The number of nitrogens with one attached hydrogen (secondary N) is 1. The molecule has 2 aromatic rings. The molecular weight excluding hydrogens is 290 g/mol. The average molecular weight is 309 g/mol. The maximum atomic E-state index is 12.3. The van der Waals surface area contributed by atoms with Crippen LogP contribution in [-0.2, 0) is 16.6 Å². The van der Waals surface area contributed by atoms with E-state index in [0.29, 0.717) is 18.7 Å². The minimum atomic E-state index is -3.65.